The second-order valence-electron chi connectivity index (χ2n) is 5.47. The lowest BCUT2D eigenvalue weighted by molar-refractivity contribution is 0.0376. The number of piperidine rings is 2. The van der Waals surface area contributed by atoms with Crippen molar-refractivity contribution in [2.75, 3.05) is 39.8 Å². The van der Waals surface area contributed by atoms with E-state index in [4.69, 9.17) is 5.11 Å². The van der Waals surface area contributed by atoms with Gasteiger partial charge in [0, 0.05) is 19.2 Å². The summed E-state index contributed by atoms with van der Waals surface area (Å²) in [6.07, 6.45) is 6.27. The molecule has 0 aromatic rings. The van der Waals surface area contributed by atoms with E-state index >= 15 is 0 Å². The fraction of sp³-hybridized carbons (Fsp3) is 1.00. The van der Waals surface area contributed by atoms with Gasteiger partial charge in [-0.05, 0) is 64.7 Å². The van der Waals surface area contributed by atoms with Crippen molar-refractivity contribution < 1.29 is 5.11 Å². The first-order valence-corrected chi connectivity index (χ1v) is 6.84. The molecule has 94 valence electrons. The lowest BCUT2D eigenvalue weighted by Gasteiger charge is -2.46. The first kappa shape index (κ1) is 12.3. The Kier molecular flexibility index (Phi) is 4.62. The summed E-state index contributed by atoms with van der Waals surface area (Å²) in [5.74, 6) is 0.904. The van der Waals surface area contributed by atoms with E-state index < -0.39 is 0 Å². The maximum Gasteiger partial charge on any atom is 0.0431 e. The number of hydrogen-bond acceptors (Lipinski definition) is 3. The van der Waals surface area contributed by atoms with Crippen molar-refractivity contribution in [3.05, 3.63) is 0 Å². The van der Waals surface area contributed by atoms with Crippen LogP contribution in [0.1, 0.15) is 32.1 Å². The number of fused-ring (bicyclic) bond motifs is 1. The molecule has 2 atom stereocenters. The van der Waals surface area contributed by atoms with Gasteiger partial charge in [0.05, 0.1) is 0 Å². The summed E-state index contributed by atoms with van der Waals surface area (Å²) in [6, 6.07) is 0.850. The topological polar surface area (TPSA) is 26.7 Å². The fourth-order valence-electron chi connectivity index (χ4n) is 3.38. The molecule has 0 aromatic heterocycles. The number of hydrogen-bond donors (Lipinski definition) is 1. The Labute approximate surface area is 99.4 Å². The van der Waals surface area contributed by atoms with Crippen molar-refractivity contribution in [2.45, 2.75) is 38.1 Å². The van der Waals surface area contributed by atoms with Crippen molar-refractivity contribution in [3.8, 4) is 0 Å². The molecule has 3 heteroatoms. The molecule has 0 bridgehead atoms. The SMILES string of the molecule is CN1CCCC2CN(CCCCO)CCC21. The fourth-order valence-corrected chi connectivity index (χ4v) is 3.38. The highest BCUT2D eigenvalue weighted by Crippen LogP contribution is 2.29. The lowest BCUT2D eigenvalue weighted by Crippen LogP contribution is -2.52. The average molecular weight is 226 g/mol. The van der Waals surface area contributed by atoms with Crippen molar-refractivity contribution in [3.63, 3.8) is 0 Å². The number of nitrogens with zero attached hydrogens (tertiary/aromatic N) is 2. The molecule has 1 N–H and O–H groups in total. The van der Waals surface area contributed by atoms with Crippen LogP contribution in [0.15, 0.2) is 0 Å². The molecule has 0 aliphatic carbocycles. The third-order valence-corrected chi connectivity index (χ3v) is 4.31. The van der Waals surface area contributed by atoms with Gasteiger partial charge in [0.15, 0.2) is 0 Å². The van der Waals surface area contributed by atoms with E-state index in [-0.39, 0.29) is 0 Å². The molecule has 0 spiro atoms. The minimum atomic E-state index is 0.350. The largest absolute Gasteiger partial charge is 0.396 e. The van der Waals surface area contributed by atoms with Gasteiger partial charge in [-0.2, -0.15) is 0 Å². The van der Waals surface area contributed by atoms with E-state index in [0.717, 1.165) is 24.8 Å². The zero-order valence-corrected chi connectivity index (χ0v) is 10.6. The summed E-state index contributed by atoms with van der Waals surface area (Å²) in [6.45, 7) is 5.39. The van der Waals surface area contributed by atoms with Crippen molar-refractivity contribution in [1.29, 1.82) is 0 Å². The first-order valence-electron chi connectivity index (χ1n) is 6.84. The quantitative estimate of drug-likeness (QED) is 0.729. The summed E-state index contributed by atoms with van der Waals surface area (Å²) >= 11 is 0. The van der Waals surface area contributed by atoms with Gasteiger partial charge in [0.2, 0.25) is 0 Å². The van der Waals surface area contributed by atoms with Crippen LogP contribution in [-0.2, 0) is 0 Å². The molecule has 2 rings (SSSR count). The molecule has 0 radical (unpaired) electrons. The summed E-state index contributed by atoms with van der Waals surface area (Å²) in [7, 11) is 2.29. The van der Waals surface area contributed by atoms with Crippen LogP contribution in [0.5, 0.6) is 0 Å². The van der Waals surface area contributed by atoms with Crippen LogP contribution in [0.3, 0.4) is 0 Å². The number of unbranched alkanes of at least 4 members (excludes halogenated alkanes) is 1. The third kappa shape index (κ3) is 2.96. The van der Waals surface area contributed by atoms with Gasteiger partial charge in [-0.1, -0.05) is 0 Å². The second kappa shape index (κ2) is 5.99. The molecule has 0 amide bonds. The predicted molar refractivity (Wildman–Crippen MR) is 66.5 cm³/mol. The molecule has 3 nitrogen and oxygen atoms in total. The van der Waals surface area contributed by atoms with Gasteiger partial charge < -0.3 is 14.9 Å². The van der Waals surface area contributed by atoms with Gasteiger partial charge in [0.25, 0.3) is 0 Å². The van der Waals surface area contributed by atoms with Crippen molar-refractivity contribution >= 4 is 0 Å². The minimum Gasteiger partial charge on any atom is -0.396 e. The smallest absolute Gasteiger partial charge is 0.0431 e. The van der Waals surface area contributed by atoms with E-state index in [1.54, 1.807) is 0 Å². The second-order valence-corrected chi connectivity index (χ2v) is 5.47. The van der Waals surface area contributed by atoms with E-state index in [1.165, 1.54) is 45.4 Å². The van der Waals surface area contributed by atoms with Gasteiger partial charge in [-0.3, -0.25) is 0 Å². The molecule has 2 aliphatic rings. The van der Waals surface area contributed by atoms with Crippen LogP contribution < -0.4 is 0 Å². The van der Waals surface area contributed by atoms with Crippen LogP contribution >= 0.6 is 0 Å². The zero-order chi connectivity index (χ0) is 11.4. The Morgan fingerprint density at radius 3 is 2.88 bits per heavy atom. The van der Waals surface area contributed by atoms with Crippen molar-refractivity contribution in [1.82, 2.24) is 9.80 Å². The van der Waals surface area contributed by atoms with Crippen LogP contribution in [-0.4, -0.2) is 60.8 Å². The van der Waals surface area contributed by atoms with Crippen LogP contribution in [0.2, 0.25) is 0 Å². The first-order chi connectivity index (χ1) is 7.81. The van der Waals surface area contributed by atoms with Crippen LogP contribution in [0.25, 0.3) is 0 Å². The molecule has 2 heterocycles. The highest BCUT2D eigenvalue weighted by atomic mass is 16.2. The monoisotopic (exact) mass is 226 g/mol. The summed E-state index contributed by atoms with van der Waals surface area (Å²) in [5.41, 5.74) is 0. The summed E-state index contributed by atoms with van der Waals surface area (Å²) in [5, 5.41) is 8.79. The number of likely N-dealkylation sites (tertiary alicyclic amines) is 2. The maximum atomic E-state index is 8.79. The molecular formula is C13H26N2O. The van der Waals surface area contributed by atoms with Crippen LogP contribution in [0, 0.1) is 5.92 Å². The Hall–Kier alpha value is -0.120. The van der Waals surface area contributed by atoms with E-state index in [9.17, 15) is 0 Å². The van der Waals surface area contributed by atoms with Crippen LogP contribution in [0.4, 0.5) is 0 Å². The van der Waals surface area contributed by atoms with Gasteiger partial charge in [-0.25, -0.2) is 0 Å². The Balaban J connectivity index is 1.76. The molecule has 0 saturated carbocycles. The van der Waals surface area contributed by atoms with Gasteiger partial charge in [0.1, 0.15) is 0 Å². The number of aliphatic hydroxyl groups is 1. The van der Waals surface area contributed by atoms with E-state index in [0.29, 0.717) is 6.61 Å². The predicted octanol–water partition coefficient (Wildman–Crippen LogP) is 1.17. The summed E-state index contributed by atoms with van der Waals surface area (Å²) < 4.78 is 0. The lowest BCUT2D eigenvalue weighted by atomic mass is 9.84. The molecule has 16 heavy (non-hydrogen) atoms. The normalized spacial score (nSPS) is 32.6. The maximum absolute atomic E-state index is 8.79. The molecule has 2 saturated heterocycles. The van der Waals surface area contributed by atoms with Gasteiger partial charge in [-0.15, -0.1) is 0 Å². The van der Waals surface area contributed by atoms with Gasteiger partial charge >= 0.3 is 0 Å². The molecular weight excluding hydrogens is 200 g/mol. The Morgan fingerprint density at radius 1 is 1.19 bits per heavy atom. The Bertz CT molecular complexity index is 210. The van der Waals surface area contributed by atoms with E-state index in [1.807, 2.05) is 0 Å². The van der Waals surface area contributed by atoms with Crippen molar-refractivity contribution in [2.24, 2.45) is 5.92 Å². The number of rotatable bonds is 4. The zero-order valence-electron chi connectivity index (χ0n) is 10.6. The highest BCUT2D eigenvalue weighted by molar-refractivity contribution is 4.89. The summed E-state index contributed by atoms with van der Waals surface area (Å²) in [4.78, 5) is 5.18. The molecule has 2 fully saturated rings. The highest BCUT2D eigenvalue weighted by Gasteiger charge is 2.33. The Morgan fingerprint density at radius 2 is 2.06 bits per heavy atom. The number of aliphatic hydroxyl groups excluding tert-OH is 1. The standard InChI is InChI=1S/C13H26N2O/c1-14-7-4-5-12-11-15(8-2-3-10-16)9-6-13(12)14/h12-13,16H,2-11H2,1H3. The minimum absolute atomic E-state index is 0.350. The molecule has 0 aromatic carbocycles. The molecule has 2 aliphatic heterocycles. The third-order valence-electron chi connectivity index (χ3n) is 4.31. The molecule has 2 unspecified atom stereocenters. The van der Waals surface area contributed by atoms with E-state index in [2.05, 4.69) is 16.8 Å². The average Bonchev–Trinajstić information content (AvgIpc) is 2.30.